The first-order chi connectivity index (χ1) is 15.5. The molecule has 2 aromatic rings. The second kappa shape index (κ2) is 12.7. The first-order valence-electron chi connectivity index (χ1n) is 11.6. The standard InChI is InChI=1S/C26H38N2O4/c1-21-11-13-28(14-12-21)15-16-31-25-10-9-22(17-26(25)30-3)18-27(2)19-23(29)20-32-24-7-5-4-6-8-24/h4-10,17,21,23,29H,11-16,18-20H2,1-3H3. The fraction of sp³-hybridized carbons (Fsp3) is 0.538. The molecule has 0 radical (unpaired) electrons. The van der Waals surface area contributed by atoms with Gasteiger partial charge in [0, 0.05) is 19.6 Å². The Labute approximate surface area is 192 Å². The number of likely N-dealkylation sites (N-methyl/N-ethyl adjacent to an activating group) is 1. The van der Waals surface area contributed by atoms with Gasteiger partial charge in [-0.3, -0.25) is 9.80 Å². The maximum Gasteiger partial charge on any atom is 0.161 e. The Hall–Kier alpha value is -2.28. The molecular weight excluding hydrogens is 404 g/mol. The van der Waals surface area contributed by atoms with Crippen molar-refractivity contribution in [1.82, 2.24) is 9.80 Å². The van der Waals surface area contributed by atoms with E-state index in [1.165, 1.54) is 12.8 Å². The quantitative estimate of drug-likeness (QED) is 0.541. The highest BCUT2D eigenvalue weighted by Crippen LogP contribution is 2.28. The highest BCUT2D eigenvalue weighted by molar-refractivity contribution is 5.43. The maximum absolute atomic E-state index is 10.3. The molecule has 1 N–H and O–H groups in total. The lowest BCUT2D eigenvalue weighted by molar-refractivity contribution is 0.0743. The Morgan fingerprint density at radius 2 is 1.81 bits per heavy atom. The minimum Gasteiger partial charge on any atom is -0.493 e. The third kappa shape index (κ3) is 8.01. The average molecular weight is 443 g/mol. The van der Waals surface area contributed by atoms with Gasteiger partial charge in [0.05, 0.1) is 7.11 Å². The van der Waals surface area contributed by atoms with Crippen LogP contribution in [0, 0.1) is 5.92 Å². The average Bonchev–Trinajstić information content (AvgIpc) is 2.80. The van der Waals surface area contributed by atoms with E-state index in [-0.39, 0.29) is 6.61 Å². The minimum atomic E-state index is -0.567. The van der Waals surface area contributed by atoms with Crippen LogP contribution in [0.4, 0.5) is 0 Å². The van der Waals surface area contributed by atoms with Crippen LogP contribution in [0.15, 0.2) is 48.5 Å². The van der Waals surface area contributed by atoms with Crippen molar-refractivity contribution in [3.05, 3.63) is 54.1 Å². The van der Waals surface area contributed by atoms with Crippen LogP contribution in [0.3, 0.4) is 0 Å². The SMILES string of the molecule is COc1cc(CN(C)CC(O)COc2ccccc2)ccc1OCCN1CCC(C)CC1. The van der Waals surface area contributed by atoms with Gasteiger partial charge in [-0.2, -0.15) is 0 Å². The molecule has 6 nitrogen and oxygen atoms in total. The van der Waals surface area contributed by atoms with E-state index in [9.17, 15) is 5.11 Å². The van der Waals surface area contributed by atoms with Crippen LogP contribution in [0.1, 0.15) is 25.3 Å². The Morgan fingerprint density at radius 3 is 2.53 bits per heavy atom. The number of rotatable bonds is 12. The monoisotopic (exact) mass is 442 g/mol. The van der Waals surface area contributed by atoms with E-state index in [1.54, 1.807) is 7.11 Å². The normalized spacial score (nSPS) is 16.2. The predicted molar refractivity (Wildman–Crippen MR) is 128 cm³/mol. The Morgan fingerprint density at radius 1 is 1.06 bits per heavy atom. The van der Waals surface area contributed by atoms with Gasteiger partial charge in [0.25, 0.3) is 0 Å². The molecule has 1 fully saturated rings. The van der Waals surface area contributed by atoms with Crippen LogP contribution in [-0.2, 0) is 6.54 Å². The predicted octanol–water partition coefficient (Wildman–Crippen LogP) is 3.68. The Balaban J connectivity index is 1.42. The lowest BCUT2D eigenvalue weighted by Gasteiger charge is -2.30. The number of para-hydroxylation sites is 1. The molecule has 1 saturated heterocycles. The van der Waals surface area contributed by atoms with Crippen molar-refractivity contribution in [3.63, 3.8) is 0 Å². The maximum atomic E-state index is 10.3. The number of ether oxygens (including phenoxy) is 3. The first-order valence-corrected chi connectivity index (χ1v) is 11.6. The van der Waals surface area contributed by atoms with Crippen molar-refractivity contribution in [2.24, 2.45) is 5.92 Å². The van der Waals surface area contributed by atoms with Crippen LogP contribution in [0.5, 0.6) is 17.2 Å². The number of methoxy groups -OCH3 is 1. The van der Waals surface area contributed by atoms with Gasteiger partial charge in [-0.15, -0.1) is 0 Å². The summed E-state index contributed by atoms with van der Waals surface area (Å²) in [6.45, 7) is 7.75. The van der Waals surface area contributed by atoms with Gasteiger partial charge in [0.15, 0.2) is 11.5 Å². The number of piperidine rings is 1. The molecule has 0 amide bonds. The van der Waals surface area contributed by atoms with E-state index in [0.717, 1.165) is 48.4 Å². The molecule has 32 heavy (non-hydrogen) atoms. The van der Waals surface area contributed by atoms with Crippen LogP contribution < -0.4 is 14.2 Å². The van der Waals surface area contributed by atoms with Crippen molar-refractivity contribution in [2.75, 3.05) is 53.6 Å². The molecule has 1 unspecified atom stereocenters. The van der Waals surface area contributed by atoms with Crippen LogP contribution in [0.25, 0.3) is 0 Å². The summed E-state index contributed by atoms with van der Waals surface area (Å²) in [6, 6.07) is 15.6. The van der Waals surface area contributed by atoms with Crippen LogP contribution >= 0.6 is 0 Å². The summed E-state index contributed by atoms with van der Waals surface area (Å²) in [5, 5.41) is 10.3. The largest absolute Gasteiger partial charge is 0.493 e. The molecule has 1 heterocycles. The summed E-state index contributed by atoms with van der Waals surface area (Å²) >= 11 is 0. The van der Waals surface area contributed by atoms with Gasteiger partial charge in [0.2, 0.25) is 0 Å². The highest BCUT2D eigenvalue weighted by Gasteiger charge is 2.16. The second-order valence-corrected chi connectivity index (χ2v) is 8.83. The van der Waals surface area contributed by atoms with E-state index in [2.05, 4.69) is 22.8 Å². The summed E-state index contributed by atoms with van der Waals surface area (Å²) < 4.78 is 17.2. The molecule has 6 heteroatoms. The zero-order valence-electron chi connectivity index (χ0n) is 19.7. The second-order valence-electron chi connectivity index (χ2n) is 8.83. The first kappa shape index (κ1) is 24.4. The zero-order valence-corrected chi connectivity index (χ0v) is 19.7. The molecular formula is C26H38N2O4. The molecule has 0 spiro atoms. The summed E-state index contributed by atoms with van der Waals surface area (Å²) in [5.74, 6) is 3.14. The van der Waals surface area contributed by atoms with Gasteiger partial charge in [-0.05, 0) is 68.7 Å². The number of aliphatic hydroxyl groups excluding tert-OH is 1. The van der Waals surface area contributed by atoms with E-state index in [0.29, 0.717) is 19.7 Å². The van der Waals surface area contributed by atoms with Crippen LogP contribution in [0.2, 0.25) is 0 Å². The lowest BCUT2D eigenvalue weighted by Crippen LogP contribution is -2.35. The van der Waals surface area contributed by atoms with E-state index < -0.39 is 6.10 Å². The number of likely N-dealkylation sites (tertiary alicyclic amines) is 1. The molecule has 0 bridgehead atoms. The summed E-state index contributed by atoms with van der Waals surface area (Å²) in [6.07, 6.45) is 1.99. The molecule has 176 valence electrons. The van der Waals surface area contributed by atoms with Gasteiger partial charge in [-0.25, -0.2) is 0 Å². The topological polar surface area (TPSA) is 54.4 Å². The number of nitrogens with zero attached hydrogens (tertiary/aromatic N) is 2. The fourth-order valence-corrected chi connectivity index (χ4v) is 4.00. The zero-order chi connectivity index (χ0) is 22.8. The highest BCUT2D eigenvalue weighted by atomic mass is 16.5. The van der Waals surface area contributed by atoms with Gasteiger partial charge in [-0.1, -0.05) is 31.2 Å². The van der Waals surface area contributed by atoms with Crippen molar-refractivity contribution >= 4 is 0 Å². The third-order valence-corrected chi connectivity index (χ3v) is 5.93. The Kier molecular flexibility index (Phi) is 9.65. The van der Waals surface area contributed by atoms with E-state index >= 15 is 0 Å². The van der Waals surface area contributed by atoms with Crippen LogP contribution in [-0.4, -0.2) is 74.6 Å². The molecule has 2 aromatic carbocycles. The molecule has 1 aliphatic heterocycles. The molecule has 0 aliphatic carbocycles. The number of hydrogen-bond acceptors (Lipinski definition) is 6. The summed E-state index contributed by atoms with van der Waals surface area (Å²) in [7, 11) is 3.66. The van der Waals surface area contributed by atoms with Crippen molar-refractivity contribution in [2.45, 2.75) is 32.4 Å². The summed E-state index contributed by atoms with van der Waals surface area (Å²) in [5.41, 5.74) is 1.11. The van der Waals surface area contributed by atoms with Crippen molar-refractivity contribution in [1.29, 1.82) is 0 Å². The molecule has 1 aliphatic rings. The van der Waals surface area contributed by atoms with Gasteiger partial charge < -0.3 is 19.3 Å². The number of benzene rings is 2. The number of hydrogen-bond donors (Lipinski definition) is 1. The fourth-order valence-electron chi connectivity index (χ4n) is 4.00. The smallest absolute Gasteiger partial charge is 0.161 e. The molecule has 1 atom stereocenters. The van der Waals surface area contributed by atoms with E-state index in [4.69, 9.17) is 14.2 Å². The molecule has 0 aromatic heterocycles. The van der Waals surface area contributed by atoms with Crippen molar-refractivity contribution in [3.8, 4) is 17.2 Å². The van der Waals surface area contributed by atoms with Gasteiger partial charge in [0.1, 0.15) is 25.1 Å². The Bertz CT molecular complexity index is 794. The minimum absolute atomic E-state index is 0.264. The molecule has 3 rings (SSSR count). The van der Waals surface area contributed by atoms with Gasteiger partial charge >= 0.3 is 0 Å². The van der Waals surface area contributed by atoms with Crippen molar-refractivity contribution < 1.29 is 19.3 Å². The lowest BCUT2D eigenvalue weighted by atomic mass is 9.99. The number of aliphatic hydroxyl groups is 1. The van der Waals surface area contributed by atoms with E-state index in [1.807, 2.05) is 49.5 Å². The summed E-state index contributed by atoms with van der Waals surface area (Å²) in [4.78, 5) is 4.55. The third-order valence-electron chi connectivity index (χ3n) is 5.93. The molecule has 0 saturated carbocycles.